The number of aryl methyl sites for hydroxylation is 1. The van der Waals surface area contributed by atoms with Crippen LogP contribution >= 0.6 is 0 Å². The van der Waals surface area contributed by atoms with E-state index >= 15 is 0 Å². The van der Waals surface area contributed by atoms with Crippen molar-refractivity contribution in [2.24, 2.45) is 5.73 Å². The summed E-state index contributed by atoms with van der Waals surface area (Å²) in [6.07, 6.45) is 2.04. The second kappa shape index (κ2) is 6.06. The highest BCUT2D eigenvalue weighted by Gasteiger charge is 2.24. The Labute approximate surface area is 115 Å². The summed E-state index contributed by atoms with van der Waals surface area (Å²) >= 11 is 0. The van der Waals surface area contributed by atoms with E-state index in [1.807, 2.05) is 12.1 Å². The second-order valence-electron chi connectivity index (χ2n) is 5.17. The van der Waals surface area contributed by atoms with Crippen molar-refractivity contribution in [1.82, 2.24) is 5.32 Å². The van der Waals surface area contributed by atoms with Crippen molar-refractivity contribution >= 4 is 11.6 Å². The van der Waals surface area contributed by atoms with Crippen molar-refractivity contribution < 1.29 is 4.79 Å². The summed E-state index contributed by atoms with van der Waals surface area (Å²) in [6, 6.07) is 6.26. The lowest BCUT2D eigenvalue weighted by atomic mass is 9.99. The lowest BCUT2D eigenvalue weighted by Gasteiger charge is -2.38. The molecule has 1 aromatic carbocycles. The first kappa shape index (κ1) is 13.9. The van der Waals surface area contributed by atoms with Gasteiger partial charge in [0.05, 0.1) is 11.3 Å². The van der Waals surface area contributed by atoms with E-state index in [1.165, 1.54) is 5.56 Å². The Hall–Kier alpha value is -1.55. The molecule has 1 amide bonds. The minimum absolute atomic E-state index is 0.335. The fourth-order valence-corrected chi connectivity index (χ4v) is 2.77. The van der Waals surface area contributed by atoms with Gasteiger partial charge in [-0.25, -0.2) is 0 Å². The van der Waals surface area contributed by atoms with Crippen molar-refractivity contribution in [2.75, 3.05) is 24.5 Å². The standard InChI is InChI=1S/C15H23N3O/c1-3-5-12-6-4-7-13(15(16)19)14(12)18-9-8-17-10-11(18)2/h4,6-7,11,17H,3,5,8-10H2,1-2H3,(H2,16,19). The molecule has 0 aliphatic carbocycles. The third-order valence-corrected chi connectivity index (χ3v) is 3.69. The van der Waals surface area contributed by atoms with Gasteiger partial charge in [-0.05, 0) is 25.0 Å². The first-order chi connectivity index (χ1) is 9.15. The first-order valence-corrected chi connectivity index (χ1v) is 7.04. The summed E-state index contributed by atoms with van der Waals surface area (Å²) in [4.78, 5) is 14.0. The quantitative estimate of drug-likeness (QED) is 0.864. The zero-order valence-electron chi connectivity index (χ0n) is 11.8. The lowest BCUT2D eigenvalue weighted by Crippen LogP contribution is -2.50. The SMILES string of the molecule is CCCc1cccc(C(N)=O)c1N1CCNCC1C. The zero-order chi connectivity index (χ0) is 13.8. The molecule has 1 atom stereocenters. The molecule has 0 bridgehead atoms. The molecule has 1 aliphatic heterocycles. The molecule has 104 valence electrons. The molecule has 0 aromatic heterocycles. The van der Waals surface area contributed by atoms with Crippen molar-refractivity contribution in [3.63, 3.8) is 0 Å². The summed E-state index contributed by atoms with van der Waals surface area (Å²) in [7, 11) is 0. The molecule has 1 aromatic rings. The smallest absolute Gasteiger partial charge is 0.250 e. The van der Waals surface area contributed by atoms with E-state index < -0.39 is 0 Å². The average molecular weight is 261 g/mol. The van der Waals surface area contributed by atoms with E-state index in [-0.39, 0.29) is 5.91 Å². The predicted octanol–water partition coefficient (Wildman–Crippen LogP) is 1.54. The maximum absolute atomic E-state index is 11.7. The van der Waals surface area contributed by atoms with Crippen LogP contribution in [0.2, 0.25) is 0 Å². The maximum atomic E-state index is 11.7. The van der Waals surface area contributed by atoms with E-state index in [0.29, 0.717) is 11.6 Å². The Bertz CT molecular complexity index is 459. The molecule has 19 heavy (non-hydrogen) atoms. The Balaban J connectivity index is 2.47. The molecule has 2 rings (SSSR count). The van der Waals surface area contributed by atoms with Crippen LogP contribution in [0.25, 0.3) is 0 Å². The summed E-state index contributed by atoms with van der Waals surface area (Å²) in [6.45, 7) is 7.14. The number of nitrogens with one attached hydrogen (secondary N) is 1. The van der Waals surface area contributed by atoms with Crippen molar-refractivity contribution in [3.05, 3.63) is 29.3 Å². The van der Waals surface area contributed by atoms with E-state index in [9.17, 15) is 4.79 Å². The summed E-state index contributed by atoms with van der Waals surface area (Å²) in [5.74, 6) is -0.335. The maximum Gasteiger partial charge on any atom is 0.250 e. The minimum atomic E-state index is -0.335. The van der Waals surface area contributed by atoms with Crippen LogP contribution < -0.4 is 16.0 Å². The van der Waals surface area contributed by atoms with Gasteiger partial charge in [-0.3, -0.25) is 4.79 Å². The highest BCUT2D eigenvalue weighted by molar-refractivity contribution is 5.99. The Morgan fingerprint density at radius 3 is 2.95 bits per heavy atom. The number of hydrogen-bond donors (Lipinski definition) is 2. The first-order valence-electron chi connectivity index (χ1n) is 7.04. The average Bonchev–Trinajstić information content (AvgIpc) is 2.40. The Morgan fingerprint density at radius 2 is 2.32 bits per heavy atom. The number of hydrogen-bond acceptors (Lipinski definition) is 3. The fourth-order valence-electron chi connectivity index (χ4n) is 2.77. The summed E-state index contributed by atoms with van der Waals surface area (Å²) < 4.78 is 0. The molecule has 4 nitrogen and oxygen atoms in total. The van der Waals surface area contributed by atoms with Gasteiger partial charge in [0.25, 0.3) is 5.91 Å². The molecule has 1 aliphatic rings. The van der Waals surface area contributed by atoms with Gasteiger partial charge in [-0.15, -0.1) is 0 Å². The molecule has 1 saturated heterocycles. The number of carbonyl (C=O) groups is 1. The van der Waals surface area contributed by atoms with E-state index in [0.717, 1.165) is 38.2 Å². The van der Waals surface area contributed by atoms with Crippen LogP contribution in [0.5, 0.6) is 0 Å². The van der Waals surface area contributed by atoms with Gasteiger partial charge in [-0.1, -0.05) is 25.5 Å². The number of para-hydroxylation sites is 1. The molecular formula is C15H23N3O. The number of piperazine rings is 1. The number of benzene rings is 1. The highest BCUT2D eigenvalue weighted by atomic mass is 16.1. The van der Waals surface area contributed by atoms with Gasteiger partial charge in [0, 0.05) is 25.7 Å². The lowest BCUT2D eigenvalue weighted by molar-refractivity contribution is 0.100. The monoisotopic (exact) mass is 261 g/mol. The van der Waals surface area contributed by atoms with E-state index in [2.05, 4.69) is 30.1 Å². The van der Waals surface area contributed by atoms with Gasteiger partial charge >= 0.3 is 0 Å². The highest BCUT2D eigenvalue weighted by Crippen LogP contribution is 2.29. The van der Waals surface area contributed by atoms with Gasteiger partial charge < -0.3 is 16.0 Å². The van der Waals surface area contributed by atoms with E-state index in [1.54, 1.807) is 0 Å². The second-order valence-corrected chi connectivity index (χ2v) is 5.17. The molecule has 1 heterocycles. The number of primary amides is 1. The van der Waals surface area contributed by atoms with Crippen LogP contribution in [0.1, 0.15) is 36.2 Å². The number of carbonyl (C=O) groups excluding carboxylic acids is 1. The molecule has 0 spiro atoms. The third-order valence-electron chi connectivity index (χ3n) is 3.69. The molecule has 1 fully saturated rings. The number of nitrogens with zero attached hydrogens (tertiary/aromatic N) is 1. The number of anilines is 1. The van der Waals surface area contributed by atoms with Gasteiger partial charge in [-0.2, -0.15) is 0 Å². The van der Waals surface area contributed by atoms with Crippen LogP contribution in [-0.2, 0) is 6.42 Å². The van der Waals surface area contributed by atoms with Crippen LogP contribution in [0.4, 0.5) is 5.69 Å². The summed E-state index contributed by atoms with van der Waals surface area (Å²) in [5, 5.41) is 3.38. The molecule has 0 radical (unpaired) electrons. The molecule has 1 unspecified atom stereocenters. The molecule has 4 heteroatoms. The molecular weight excluding hydrogens is 238 g/mol. The van der Waals surface area contributed by atoms with Crippen molar-refractivity contribution in [1.29, 1.82) is 0 Å². The summed E-state index contributed by atoms with van der Waals surface area (Å²) in [5.41, 5.74) is 8.48. The number of rotatable bonds is 4. The molecule has 0 saturated carbocycles. The normalized spacial score (nSPS) is 19.5. The van der Waals surface area contributed by atoms with Gasteiger partial charge in [0.1, 0.15) is 0 Å². The minimum Gasteiger partial charge on any atom is -0.366 e. The van der Waals surface area contributed by atoms with Crippen LogP contribution in [0, 0.1) is 0 Å². The number of nitrogens with two attached hydrogens (primary N) is 1. The van der Waals surface area contributed by atoms with Crippen molar-refractivity contribution in [2.45, 2.75) is 32.7 Å². The number of amides is 1. The van der Waals surface area contributed by atoms with Crippen LogP contribution in [0.3, 0.4) is 0 Å². The van der Waals surface area contributed by atoms with E-state index in [4.69, 9.17) is 5.73 Å². The molecule has 3 N–H and O–H groups in total. The Kier molecular flexibility index (Phi) is 4.43. The van der Waals surface area contributed by atoms with Crippen molar-refractivity contribution in [3.8, 4) is 0 Å². The van der Waals surface area contributed by atoms with Gasteiger partial charge in [0.15, 0.2) is 0 Å². The van der Waals surface area contributed by atoms with Crippen LogP contribution in [0.15, 0.2) is 18.2 Å². The van der Waals surface area contributed by atoms with Crippen LogP contribution in [-0.4, -0.2) is 31.6 Å². The topological polar surface area (TPSA) is 58.4 Å². The fraction of sp³-hybridized carbons (Fsp3) is 0.533. The Morgan fingerprint density at radius 1 is 1.53 bits per heavy atom. The third kappa shape index (κ3) is 2.89. The largest absolute Gasteiger partial charge is 0.366 e. The van der Waals surface area contributed by atoms with Gasteiger partial charge in [0.2, 0.25) is 0 Å². The zero-order valence-corrected chi connectivity index (χ0v) is 11.8. The predicted molar refractivity (Wildman–Crippen MR) is 78.6 cm³/mol.